The number of aliphatic hydroxyl groups is 1. The van der Waals surface area contributed by atoms with Crippen molar-refractivity contribution in [1.82, 2.24) is 0 Å². The van der Waals surface area contributed by atoms with Gasteiger partial charge in [0.25, 0.3) is 0 Å². The average molecular weight is 196 g/mol. The summed E-state index contributed by atoms with van der Waals surface area (Å²) in [6.07, 6.45) is -0.579. The van der Waals surface area contributed by atoms with Crippen LogP contribution < -0.4 is 4.74 Å². The molecule has 0 saturated carbocycles. The van der Waals surface area contributed by atoms with E-state index in [1.54, 1.807) is 6.92 Å². The van der Waals surface area contributed by atoms with Gasteiger partial charge in [0.2, 0.25) is 0 Å². The summed E-state index contributed by atoms with van der Waals surface area (Å²) in [5.74, 6) is 0.371. The fraction of sp³-hybridized carbons (Fsp3) is 0.400. The van der Waals surface area contributed by atoms with Crippen molar-refractivity contribution in [1.29, 1.82) is 0 Å². The lowest BCUT2D eigenvalue weighted by molar-refractivity contribution is 0.0318. The Labute approximate surface area is 81.4 Å². The van der Waals surface area contributed by atoms with Gasteiger partial charge >= 0.3 is 0 Å². The van der Waals surface area contributed by atoms with E-state index in [0.29, 0.717) is 17.7 Å². The minimum Gasteiger partial charge on any atom is -0.508 e. The molecule has 0 radical (unpaired) electrons. The number of rotatable bonds is 0. The lowest BCUT2D eigenvalue weighted by Gasteiger charge is -2.28. The van der Waals surface area contributed by atoms with E-state index >= 15 is 0 Å². The Balaban J connectivity index is 2.46. The first kappa shape index (κ1) is 9.15. The zero-order valence-corrected chi connectivity index (χ0v) is 7.77. The van der Waals surface area contributed by atoms with E-state index in [9.17, 15) is 15.3 Å². The smallest absolute Gasteiger partial charge is 0.130 e. The van der Waals surface area contributed by atoms with Crippen molar-refractivity contribution in [2.24, 2.45) is 0 Å². The highest BCUT2D eigenvalue weighted by Gasteiger charge is 2.27. The van der Waals surface area contributed by atoms with Crippen LogP contribution in [0.1, 0.15) is 12.5 Å². The van der Waals surface area contributed by atoms with Crippen LogP contribution in [0.2, 0.25) is 0 Å². The van der Waals surface area contributed by atoms with Gasteiger partial charge < -0.3 is 20.1 Å². The molecule has 1 heterocycles. The molecule has 3 N–H and O–H groups in total. The van der Waals surface area contributed by atoms with Gasteiger partial charge in [-0.05, 0) is 6.92 Å². The number of hydrogen-bond donors (Lipinski definition) is 3. The summed E-state index contributed by atoms with van der Waals surface area (Å²) in [6.45, 7) is 1.74. The molecule has 1 aromatic carbocycles. The van der Waals surface area contributed by atoms with Gasteiger partial charge in [-0.1, -0.05) is 0 Å². The van der Waals surface area contributed by atoms with Gasteiger partial charge in [-0.25, -0.2) is 0 Å². The molecule has 1 aliphatic heterocycles. The first-order valence-electron chi connectivity index (χ1n) is 4.47. The van der Waals surface area contributed by atoms with Crippen LogP contribution in [0.5, 0.6) is 17.2 Å². The summed E-state index contributed by atoms with van der Waals surface area (Å²) in [6, 6.07) is 2.68. The summed E-state index contributed by atoms with van der Waals surface area (Å²) in [5, 5.41) is 28.2. The van der Waals surface area contributed by atoms with Crippen LogP contribution in [0.25, 0.3) is 0 Å². The fourth-order valence-electron chi connectivity index (χ4n) is 1.58. The van der Waals surface area contributed by atoms with E-state index in [2.05, 4.69) is 0 Å². The lowest BCUT2D eigenvalue weighted by atomic mass is 9.99. The first-order chi connectivity index (χ1) is 6.58. The van der Waals surface area contributed by atoms with Gasteiger partial charge in [0.05, 0.1) is 6.10 Å². The Morgan fingerprint density at radius 2 is 2.07 bits per heavy atom. The minimum atomic E-state index is -0.613. The molecule has 0 bridgehead atoms. The Bertz CT molecular complexity index is 361. The van der Waals surface area contributed by atoms with Gasteiger partial charge in [0.15, 0.2) is 0 Å². The van der Waals surface area contributed by atoms with E-state index in [-0.39, 0.29) is 17.6 Å². The predicted octanol–water partition coefficient (Wildman–Crippen LogP) is 0.782. The van der Waals surface area contributed by atoms with Crippen molar-refractivity contribution >= 4 is 0 Å². The zero-order valence-electron chi connectivity index (χ0n) is 7.77. The molecule has 1 aliphatic rings. The Hall–Kier alpha value is -1.42. The molecule has 0 amide bonds. The monoisotopic (exact) mass is 196 g/mol. The molecule has 0 unspecified atom stereocenters. The minimum absolute atomic E-state index is 0.0362. The van der Waals surface area contributed by atoms with E-state index in [1.165, 1.54) is 12.1 Å². The third-order valence-electron chi connectivity index (χ3n) is 2.44. The molecule has 0 spiro atoms. The molecule has 1 aromatic rings. The van der Waals surface area contributed by atoms with Crippen LogP contribution >= 0.6 is 0 Å². The standard InChI is InChI=1S/C10H12O4/c1-5-8(12)4-7-9(13)2-6(11)3-10(7)14-5/h2-3,5,8,11-13H,4H2,1H3/t5-,8-/m0/s1. The van der Waals surface area contributed by atoms with E-state index < -0.39 is 6.10 Å². The largest absolute Gasteiger partial charge is 0.508 e. The Kier molecular flexibility index (Phi) is 2.00. The molecular weight excluding hydrogens is 184 g/mol. The summed E-state index contributed by atoms with van der Waals surface area (Å²) < 4.78 is 5.34. The Morgan fingerprint density at radius 1 is 1.36 bits per heavy atom. The maximum atomic E-state index is 9.52. The van der Waals surface area contributed by atoms with Gasteiger partial charge in [0.1, 0.15) is 23.4 Å². The molecule has 0 aromatic heterocycles. The molecule has 0 aliphatic carbocycles. The molecule has 4 heteroatoms. The van der Waals surface area contributed by atoms with Crippen LogP contribution in [0.15, 0.2) is 12.1 Å². The topological polar surface area (TPSA) is 69.9 Å². The summed E-state index contributed by atoms with van der Waals surface area (Å²) in [4.78, 5) is 0. The van der Waals surface area contributed by atoms with Crippen molar-refractivity contribution in [3.8, 4) is 17.2 Å². The van der Waals surface area contributed by atoms with Gasteiger partial charge in [-0.15, -0.1) is 0 Å². The quantitative estimate of drug-likeness (QED) is 0.573. The third-order valence-corrected chi connectivity index (χ3v) is 2.44. The van der Waals surface area contributed by atoms with Gasteiger partial charge in [0, 0.05) is 24.1 Å². The third kappa shape index (κ3) is 1.37. The molecule has 0 saturated heterocycles. The number of benzene rings is 1. The highest BCUT2D eigenvalue weighted by atomic mass is 16.5. The molecule has 0 fully saturated rings. The Morgan fingerprint density at radius 3 is 2.79 bits per heavy atom. The second kappa shape index (κ2) is 3.06. The lowest BCUT2D eigenvalue weighted by Crippen LogP contribution is -2.34. The van der Waals surface area contributed by atoms with Crippen LogP contribution in [0.3, 0.4) is 0 Å². The van der Waals surface area contributed by atoms with Crippen molar-refractivity contribution < 1.29 is 20.1 Å². The second-order valence-electron chi connectivity index (χ2n) is 3.54. The maximum absolute atomic E-state index is 9.52. The summed E-state index contributed by atoms with van der Waals surface area (Å²) >= 11 is 0. The number of phenols is 2. The number of ether oxygens (including phenoxy) is 1. The summed E-state index contributed by atoms with van der Waals surface area (Å²) in [7, 11) is 0. The highest BCUT2D eigenvalue weighted by molar-refractivity contribution is 5.50. The molecule has 76 valence electrons. The molecular formula is C10H12O4. The maximum Gasteiger partial charge on any atom is 0.130 e. The van der Waals surface area contributed by atoms with Gasteiger partial charge in [-0.3, -0.25) is 0 Å². The van der Waals surface area contributed by atoms with Crippen molar-refractivity contribution in [3.63, 3.8) is 0 Å². The SMILES string of the molecule is C[C@@H]1Oc2cc(O)cc(O)c2C[C@@H]1O. The van der Waals surface area contributed by atoms with Crippen LogP contribution in [-0.4, -0.2) is 27.5 Å². The number of hydrogen-bond acceptors (Lipinski definition) is 4. The van der Waals surface area contributed by atoms with E-state index in [4.69, 9.17) is 4.74 Å². The molecule has 14 heavy (non-hydrogen) atoms. The fourth-order valence-corrected chi connectivity index (χ4v) is 1.58. The number of aromatic hydroxyl groups is 2. The van der Waals surface area contributed by atoms with Crippen LogP contribution in [0.4, 0.5) is 0 Å². The normalized spacial score (nSPS) is 25.3. The zero-order chi connectivity index (χ0) is 10.3. The van der Waals surface area contributed by atoms with Crippen molar-refractivity contribution in [2.45, 2.75) is 25.6 Å². The predicted molar refractivity (Wildman–Crippen MR) is 49.6 cm³/mol. The molecule has 2 rings (SSSR count). The molecule has 2 atom stereocenters. The van der Waals surface area contributed by atoms with Crippen LogP contribution in [0, 0.1) is 0 Å². The van der Waals surface area contributed by atoms with Crippen molar-refractivity contribution in [2.75, 3.05) is 0 Å². The van der Waals surface area contributed by atoms with Gasteiger partial charge in [-0.2, -0.15) is 0 Å². The second-order valence-corrected chi connectivity index (χ2v) is 3.54. The van der Waals surface area contributed by atoms with Crippen LogP contribution in [-0.2, 0) is 6.42 Å². The number of fused-ring (bicyclic) bond motifs is 1. The summed E-state index contributed by atoms with van der Waals surface area (Å²) in [5.41, 5.74) is 0.549. The van der Waals surface area contributed by atoms with E-state index in [0.717, 1.165) is 0 Å². The molecule has 4 nitrogen and oxygen atoms in total. The van der Waals surface area contributed by atoms with Crippen molar-refractivity contribution in [3.05, 3.63) is 17.7 Å². The number of aliphatic hydroxyl groups excluding tert-OH is 1. The number of phenolic OH excluding ortho intramolecular Hbond substituents is 2. The average Bonchev–Trinajstić information content (AvgIpc) is 2.08. The highest BCUT2D eigenvalue weighted by Crippen LogP contribution is 2.37. The first-order valence-corrected chi connectivity index (χ1v) is 4.47. The van der Waals surface area contributed by atoms with E-state index in [1.807, 2.05) is 0 Å².